The van der Waals surface area contributed by atoms with E-state index in [1.165, 1.54) is 16.2 Å². The monoisotopic (exact) mass is 495 g/mol. The number of aromatic amines is 1. The van der Waals surface area contributed by atoms with Crippen molar-refractivity contribution in [2.75, 3.05) is 6.54 Å². The summed E-state index contributed by atoms with van der Waals surface area (Å²) in [6.07, 6.45) is 5.15. The van der Waals surface area contributed by atoms with Crippen molar-refractivity contribution in [2.45, 2.75) is 35.5 Å². The van der Waals surface area contributed by atoms with Gasteiger partial charge >= 0.3 is 4.87 Å². The highest BCUT2D eigenvalue weighted by Crippen LogP contribution is 2.67. The molecule has 7 unspecified atom stereocenters. The number of benzene rings is 1. The first kappa shape index (κ1) is 21.9. The largest absolute Gasteiger partial charge is 0.550 e. The van der Waals surface area contributed by atoms with Gasteiger partial charge in [-0.2, -0.15) is 0 Å². The van der Waals surface area contributed by atoms with Crippen molar-refractivity contribution >= 4 is 47.0 Å². The number of rotatable bonds is 6. The SMILES string of the molecule is O=C([O-])CCCN1C(=O)C2C3CC(C2C1=O)C1C(C=Cc2ccccc2)c2sc(=O)[nH]c2SC31. The van der Waals surface area contributed by atoms with Crippen LogP contribution in [-0.4, -0.2) is 39.5 Å². The van der Waals surface area contributed by atoms with Crippen LogP contribution in [0, 0.1) is 29.6 Å². The Bertz CT molecular complexity index is 1250. The Morgan fingerprint density at radius 1 is 1.12 bits per heavy atom. The first-order chi connectivity index (χ1) is 16.4. The molecule has 1 N–H and O–H groups in total. The summed E-state index contributed by atoms with van der Waals surface area (Å²) < 4.78 is 0. The quantitative estimate of drug-likeness (QED) is 0.615. The molecule has 34 heavy (non-hydrogen) atoms. The van der Waals surface area contributed by atoms with Gasteiger partial charge in [-0.3, -0.25) is 19.3 Å². The maximum atomic E-state index is 13.3. The second-order valence-electron chi connectivity index (χ2n) is 9.58. The molecule has 3 heterocycles. The second-order valence-corrected chi connectivity index (χ2v) is 11.8. The number of fused-ring (bicyclic) bond motifs is 9. The molecule has 176 valence electrons. The summed E-state index contributed by atoms with van der Waals surface area (Å²) in [5.74, 6) is -1.81. The lowest BCUT2D eigenvalue weighted by Gasteiger charge is -2.41. The van der Waals surface area contributed by atoms with Gasteiger partial charge in [0.15, 0.2) is 0 Å². The number of carbonyl (C=O) groups excluding carboxylic acids is 3. The normalized spacial score (nSPS) is 33.4. The number of allylic oxidation sites excluding steroid dienone is 1. The summed E-state index contributed by atoms with van der Waals surface area (Å²) in [6, 6.07) is 10.0. The average molecular weight is 496 g/mol. The highest BCUT2D eigenvalue weighted by atomic mass is 32.2. The van der Waals surface area contributed by atoms with E-state index in [4.69, 9.17) is 0 Å². The lowest BCUT2D eigenvalue weighted by atomic mass is 9.69. The van der Waals surface area contributed by atoms with E-state index in [9.17, 15) is 24.3 Å². The van der Waals surface area contributed by atoms with Gasteiger partial charge in [-0.1, -0.05) is 53.8 Å². The zero-order valence-corrected chi connectivity index (χ0v) is 19.8. The van der Waals surface area contributed by atoms with Gasteiger partial charge in [-0.05, 0) is 42.6 Å². The first-order valence-corrected chi connectivity index (χ1v) is 13.3. The van der Waals surface area contributed by atoms with Gasteiger partial charge in [-0.25, -0.2) is 0 Å². The zero-order chi connectivity index (χ0) is 23.6. The number of aromatic nitrogens is 1. The van der Waals surface area contributed by atoms with Gasteiger partial charge in [0.05, 0.1) is 16.9 Å². The predicted octanol–water partition coefficient (Wildman–Crippen LogP) is 2.10. The fourth-order valence-electron chi connectivity index (χ4n) is 6.72. The van der Waals surface area contributed by atoms with E-state index in [2.05, 4.69) is 17.1 Å². The highest BCUT2D eigenvalue weighted by molar-refractivity contribution is 8.00. The molecule has 2 aromatic rings. The van der Waals surface area contributed by atoms with Gasteiger partial charge in [-0.15, -0.1) is 11.8 Å². The van der Waals surface area contributed by atoms with Gasteiger partial charge in [0, 0.05) is 28.6 Å². The summed E-state index contributed by atoms with van der Waals surface area (Å²) in [6.45, 7) is 0.137. The topological polar surface area (TPSA) is 110 Å². The molecule has 2 aliphatic heterocycles. The van der Waals surface area contributed by atoms with Crippen LogP contribution in [0.4, 0.5) is 0 Å². The van der Waals surface area contributed by atoms with Gasteiger partial charge < -0.3 is 14.9 Å². The summed E-state index contributed by atoms with van der Waals surface area (Å²) in [7, 11) is 0. The molecule has 2 saturated carbocycles. The standard InChI is InChI=1S/C25H24N2O5S2/c28-16(29)7-4-10-27-23(30)18-14-11-15(19(18)24(27)31)20-17(14)13(9-8-12-5-2-1-3-6-12)21-22(33-20)26-25(32)34-21/h1-3,5-6,8-9,13-15,17-20H,4,7,10-11H2,(H,26,32)(H,28,29)/p-1. The molecule has 2 bridgehead atoms. The second kappa shape index (κ2) is 8.23. The number of nitrogens with one attached hydrogen (secondary N) is 1. The Balaban J connectivity index is 1.33. The molecular weight excluding hydrogens is 472 g/mol. The molecule has 9 heteroatoms. The summed E-state index contributed by atoms with van der Waals surface area (Å²) in [5, 5.41) is 11.8. The lowest BCUT2D eigenvalue weighted by molar-refractivity contribution is -0.305. The third-order valence-electron chi connectivity index (χ3n) is 7.92. The molecule has 2 aliphatic carbocycles. The molecule has 1 aromatic heterocycles. The van der Waals surface area contributed by atoms with E-state index >= 15 is 0 Å². The Kier molecular flexibility index (Phi) is 5.29. The number of nitrogens with zero attached hydrogens (tertiary/aromatic N) is 1. The smallest absolute Gasteiger partial charge is 0.305 e. The minimum absolute atomic E-state index is 0.0105. The van der Waals surface area contributed by atoms with Gasteiger partial charge in [0.1, 0.15) is 0 Å². The minimum Gasteiger partial charge on any atom is -0.550 e. The number of H-pyrrole nitrogens is 1. The van der Waals surface area contributed by atoms with E-state index in [-0.39, 0.29) is 76.8 Å². The van der Waals surface area contributed by atoms with Crippen LogP contribution in [0.5, 0.6) is 0 Å². The maximum Gasteiger partial charge on any atom is 0.305 e. The van der Waals surface area contributed by atoms with E-state index in [1.807, 2.05) is 30.3 Å². The number of aliphatic carboxylic acids is 1. The van der Waals surface area contributed by atoms with Crippen molar-refractivity contribution in [3.63, 3.8) is 0 Å². The van der Waals surface area contributed by atoms with Crippen LogP contribution < -0.4 is 9.98 Å². The maximum absolute atomic E-state index is 13.3. The van der Waals surface area contributed by atoms with Crippen molar-refractivity contribution in [1.82, 2.24) is 9.88 Å². The summed E-state index contributed by atoms with van der Waals surface area (Å²) >= 11 is 2.91. The van der Waals surface area contributed by atoms with E-state index < -0.39 is 5.97 Å². The molecule has 7 nitrogen and oxygen atoms in total. The molecule has 0 radical (unpaired) electrons. The number of amides is 2. The number of thiazole rings is 1. The summed E-state index contributed by atoms with van der Waals surface area (Å²) in [4.78, 5) is 54.8. The number of carboxylic acid groups (broad SMARTS) is 1. The van der Waals surface area contributed by atoms with Crippen LogP contribution in [0.25, 0.3) is 6.08 Å². The van der Waals surface area contributed by atoms with Gasteiger partial charge in [0.25, 0.3) is 0 Å². The Morgan fingerprint density at radius 2 is 1.85 bits per heavy atom. The molecule has 1 saturated heterocycles. The third-order valence-corrected chi connectivity index (χ3v) is 10.5. The van der Waals surface area contributed by atoms with Gasteiger partial charge in [0.2, 0.25) is 11.8 Å². The highest BCUT2D eigenvalue weighted by Gasteiger charge is 2.69. The van der Waals surface area contributed by atoms with Crippen LogP contribution in [0.15, 0.2) is 46.2 Å². The van der Waals surface area contributed by atoms with Crippen molar-refractivity contribution in [3.05, 3.63) is 56.5 Å². The van der Waals surface area contributed by atoms with Crippen LogP contribution >= 0.6 is 23.1 Å². The van der Waals surface area contributed by atoms with Crippen molar-refractivity contribution in [3.8, 4) is 0 Å². The molecule has 3 fully saturated rings. The molecule has 2 amide bonds. The number of carbonyl (C=O) groups is 3. The van der Waals surface area contributed by atoms with Crippen LogP contribution in [-0.2, 0) is 14.4 Å². The van der Waals surface area contributed by atoms with Crippen LogP contribution in [0.1, 0.15) is 35.6 Å². The van der Waals surface area contributed by atoms with Crippen molar-refractivity contribution in [2.24, 2.45) is 29.6 Å². The van der Waals surface area contributed by atoms with E-state index in [0.29, 0.717) is 0 Å². The third kappa shape index (κ3) is 3.32. The number of hydrogen-bond acceptors (Lipinski definition) is 7. The molecular formula is C25H23N2O5S2-. The molecule has 4 aliphatic rings. The Morgan fingerprint density at radius 3 is 2.59 bits per heavy atom. The molecule has 1 aromatic carbocycles. The van der Waals surface area contributed by atoms with Crippen molar-refractivity contribution < 1.29 is 19.5 Å². The van der Waals surface area contributed by atoms with Crippen LogP contribution in [0.2, 0.25) is 0 Å². The molecule has 0 spiro atoms. The average Bonchev–Trinajstić information content (AvgIpc) is 3.54. The lowest BCUT2D eigenvalue weighted by Crippen LogP contribution is -2.42. The Labute approximate surface area is 204 Å². The summed E-state index contributed by atoms with van der Waals surface area (Å²) in [5.41, 5.74) is 1.08. The minimum atomic E-state index is -1.17. The predicted molar refractivity (Wildman–Crippen MR) is 126 cm³/mol. The molecule has 6 rings (SSSR count). The van der Waals surface area contributed by atoms with Crippen molar-refractivity contribution in [1.29, 1.82) is 0 Å². The number of thioether (sulfide) groups is 1. The number of carboxylic acids is 1. The zero-order valence-electron chi connectivity index (χ0n) is 18.2. The number of likely N-dealkylation sites (tertiary alicyclic amines) is 1. The Hall–Kier alpha value is -2.65. The fraction of sp³-hybridized carbons (Fsp3) is 0.440. The van der Waals surface area contributed by atoms with Crippen LogP contribution in [0.3, 0.4) is 0 Å². The number of hydrogen-bond donors (Lipinski definition) is 1. The van der Waals surface area contributed by atoms with E-state index in [0.717, 1.165) is 21.9 Å². The van der Waals surface area contributed by atoms with E-state index in [1.54, 1.807) is 11.8 Å². The number of imide groups is 1. The molecule has 7 atom stereocenters. The first-order valence-electron chi connectivity index (χ1n) is 11.6. The fourth-order valence-corrected chi connectivity index (χ4v) is 9.58.